The summed E-state index contributed by atoms with van der Waals surface area (Å²) in [6.07, 6.45) is 3.23. The van der Waals surface area contributed by atoms with E-state index in [0.717, 1.165) is 19.3 Å². The summed E-state index contributed by atoms with van der Waals surface area (Å²) in [7, 11) is 1.31. The molecule has 0 unspecified atom stereocenters. The highest BCUT2D eigenvalue weighted by molar-refractivity contribution is 8.00. The van der Waals surface area contributed by atoms with Crippen LogP contribution in [0.2, 0.25) is 0 Å². The highest BCUT2D eigenvalue weighted by Gasteiger charge is 2.26. The molecule has 1 aliphatic rings. The second kappa shape index (κ2) is 8.21. The summed E-state index contributed by atoms with van der Waals surface area (Å²) in [5.74, 6) is -0.295. The Morgan fingerprint density at radius 2 is 1.93 bits per heavy atom. The van der Waals surface area contributed by atoms with Crippen LogP contribution in [0.15, 0.2) is 58.5 Å². The first kappa shape index (κ1) is 19.4. The zero-order chi connectivity index (χ0) is 20.4. The van der Waals surface area contributed by atoms with Crippen LogP contribution in [0.5, 0.6) is 0 Å². The Morgan fingerprint density at radius 1 is 1.14 bits per heavy atom. The minimum atomic E-state index is -0.488. The van der Waals surface area contributed by atoms with Crippen molar-refractivity contribution in [3.8, 4) is 5.69 Å². The summed E-state index contributed by atoms with van der Waals surface area (Å²) in [5, 5.41) is 0.642. The Bertz CT molecular complexity index is 1140. The molecule has 7 heteroatoms. The monoisotopic (exact) mass is 408 g/mol. The van der Waals surface area contributed by atoms with E-state index in [0.29, 0.717) is 33.7 Å². The van der Waals surface area contributed by atoms with E-state index >= 15 is 0 Å². The predicted molar refractivity (Wildman–Crippen MR) is 112 cm³/mol. The molecule has 29 heavy (non-hydrogen) atoms. The lowest BCUT2D eigenvalue weighted by molar-refractivity contribution is -0.119. The van der Waals surface area contributed by atoms with Crippen LogP contribution in [0.3, 0.4) is 0 Å². The molecule has 3 aromatic rings. The first-order valence-corrected chi connectivity index (χ1v) is 10.4. The molecule has 4 rings (SSSR count). The van der Waals surface area contributed by atoms with E-state index in [9.17, 15) is 14.4 Å². The third-order valence-corrected chi connectivity index (χ3v) is 6.29. The van der Waals surface area contributed by atoms with Gasteiger partial charge in [-0.2, -0.15) is 0 Å². The molecule has 1 fully saturated rings. The quantitative estimate of drug-likeness (QED) is 0.483. The van der Waals surface area contributed by atoms with Gasteiger partial charge in [-0.1, -0.05) is 36.4 Å². The van der Waals surface area contributed by atoms with E-state index in [1.807, 2.05) is 30.3 Å². The van der Waals surface area contributed by atoms with Gasteiger partial charge < -0.3 is 4.74 Å². The Kier molecular flexibility index (Phi) is 5.49. The zero-order valence-corrected chi connectivity index (χ0v) is 16.8. The average molecular weight is 408 g/mol. The van der Waals surface area contributed by atoms with Gasteiger partial charge in [0, 0.05) is 6.42 Å². The topological polar surface area (TPSA) is 78.3 Å². The lowest BCUT2D eigenvalue weighted by atomic mass is 9.99. The summed E-state index contributed by atoms with van der Waals surface area (Å²) >= 11 is 1.33. The number of para-hydroxylation sites is 1. The smallest absolute Gasteiger partial charge is 0.337 e. The van der Waals surface area contributed by atoms with Crippen molar-refractivity contribution in [1.29, 1.82) is 0 Å². The molecule has 0 aliphatic heterocycles. The van der Waals surface area contributed by atoms with Gasteiger partial charge in [0.1, 0.15) is 5.78 Å². The van der Waals surface area contributed by atoms with Crippen molar-refractivity contribution in [2.45, 2.75) is 36.1 Å². The Balaban J connectivity index is 1.90. The van der Waals surface area contributed by atoms with E-state index in [1.165, 1.54) is 18.9 Å². The van der Waals surface area contributed by atoms with Crippen LogP contribution in [0.25, 0.3) is 16.6 Å². The molecule has 0 bridgehead atoms. The number of hydrogen-bond acceptors (Lipinski definition) is 6. The molecule has 6 nitrogen and oxygen atoms in total. The van der Waals surface area contributed by atoms with Crippen LogP contribution in [0, 0.1) is 0 Å². The fraction of sp³-hybridized carbons (Fsp3) is 0.273. The third kappa shape index (κ3) is 3.82. The number of thioether (sulfide) groups is 1. The predicted octanol–water partition coefficient (Wildman–Crippen LogP) is 3.78. The van der Waals surface area contributed by atoms with Gasteiger partial charge in [0.05, 0.1) is 34.5 Å². The van der Waals surface area contributed by atoms with E-state index in [4.69, 9.17) is 4.74 Å². The van der Waals surface area contributed by atoms with Crippen molar-refractivity contribution in [1.82, 2.24) is 9.55 Å². The van der Waals surface area contributed by atoms with Crippen LogP contribution in [-0.4, -0.2) is 33.7 Å². The van der Waals surface area contributed by atoms with Gasteiger partial charge in [-0.05, 0) is 43.2 Å². The number of fused-ring (bicyclic) bond motifs is 1. The van der Waals surface area contributed by atoms with E-state index in [2.05, 4.69) is 4.98 Å². The molecule has 1 aliphatic carbocycles. The molecule has 1 saturated carbocycles. The van der Waals surface area contributed by atoms with Crippen molar-refractivity contribution >= 4 is 34.4 Å². The first-order valence-electron chi connectivity index (χ1n) is 9.48. The number of hydrogen-bond donors (Lipinski definition) is 0. The minimum Gasteiger partial charge on any atom is -0.465 e. The summed E-state index contributed by atoms with van der Waals surface area (Å²) in [4.78, 5) is 42.3. The highest BCUT2D eigenvalue weighted by Crippen LogP contribution is 2.32. The second-order valence-corrected chi connectivity index (χ2v) is 8.08. The molecular weight excluding hydrogens is 388 g/mol. The SMILES string of the molecule is COC(=O)c1ccc2c(=O)n(-c3ccccc3)c(S[C@@H]3CCCCC3=O)nc2c1. The number of nitrogens with zero attached hydrogens (tertiary/aromatic N) is 2. The first-order chi connectivity index (χ1) is 14.1. The molecular formula is C22H20N2O4S. The summed E-state index contributed by atoms with van der Waals surface area (Å²) in [5.41, 5.74) is 1.20. The lowest BCUT2D eigenvalue weighted by Crippen LogP contribution is -2.26. The number of carbonyl (C=O) groups is 2. The van der Waals surface area contributed by atoms with Crippen LogP contribution >= 0.6 is 11.8 Å². The number of benzene rings is 2. The van der Waals surface area contributed by atoms with Crippen LogP contribution in [-0.2, 0) is 9.53 Å². The molecule has 148 valence electrons. The van der Waals surface area contributed by atoms with Gasteiger partial charge in [0.25, 0.3) is 5.56 Å². The molecule has 0 radical (unpaired) electrons. The van der Waals surface area contributed by atoms with Gasteiger partial charge in [-0.3, -0.25) is 14.2 Å². The zero-order valence-electron chi connectivity index (χ0n) is 16.0. The number of aromatic nitrogens is 2. The van der Waals surface area contributed by atoms with Crippen LogP contribution in [0.4, 0.5) is 0 Å². The van der Waals surface area contributed by atoms with E-state index in [-0.39, 0.29) is 16.6 Å². The van der Waals surface area contributed by atoms with E-state index in [1.54, 1.807) is 22.8 Å². The number of methoxy groups -OCH3 is 1. The van der Waals surface area contributed by atoms with Gasteiger partial charge in [-0.15, -0.1) is 0 Å². The third-order valence-electron chi connectivity index (χ3n) is 5.02. The fourth-order valence-electron chi connectivity index (χ4n) is 3.50. The number of carbonyl (C=O) groups excluding carboxylic acids is 2. The number of Topliss-reactive ketones (excluding diaryl/α,β-unsaturated/α-hetero) is 1. The van der Waals surface area contributed by atoms with Crippen molar-refractivity contribution in [3.05, 3.63) is 64.4 Å². The van der Waals surface area contributed by atoms with Crippen molar-refractivity contribution < 1.29 is 14.3 Å². The molecule has 0 saturated heterocycles. The largest absolute Gasteiger partial charge is 0.465 e. The van der Waals surface area contributed by atoms with Gasteiger partial charge in [-0.25, -0.2) is 9.78 Å². The molecule has 0 amide bonds. The number of ketones is 1. The second-order valence-electron chi connectivity index (χ2n) is 6.91. The Morgan fingerprint density at radius 3 is 2.66 bits per heavy atom. The maximum absolute atomic E-state index is 13.3. The normalized spacial score (nSPS) is 16.7. The van der Waals surface area contributed by atoms with Crippen LogP contribution < -0.4 is 5.56 Å². The number of rotatable bonds is 4. The summed E-state index contributed by atoms with van der Waals surface area (Å²) < 4.78 is 6.32. The van der Waals surface area contributed by atoms with Crippen LogP contribution in [0.1, 0.15) is 36.0 Å². The molecule has 1 aromatic heterocycles. The van der Waals surface area contributed by atoms with Crippen molar-refractivity contribution in [2.75, 3.05) is 7.11 Å². The molecule has 0 spiro atoms. The Labute approximate surface area is 171 Å². The van der Waals surface area contributed by atoms with Crippen molar-refractivity contribution in [2.24, 2.45) is 0 Å². The maximum Gasteiger partial charge on any atom is 0.337 e. The number of esters is 1. The van der Waals surface area contributed by atoms with Gasteiger partial charge >= 0.3 is 5.97 Å². The fourth-order valence-corrected chi connectivity index (χ4v) is 4.73. The lowest BCUT2D eigenvalue weighted by Gasteiger charge is -2.21. The maximum atomic E-state index is 13.3. The van der Waals surface area contributed by atoms with Gasteiger partial charge in [0.2, 0.25) is 0 Å². The highest BCUT2D eigenvalue weighted by atomic mass is 32.2. The average Bonchev–Trinajstić information content (AvgIpc) is 2.75. The minimum absolute atomic E-state index is 0.193. The number of ether oxygens (including phenoxy) is 1. The Hall–Kier alpha value is -2.93. The summed E-state index contributed by atoms with van der Waals surface area (Å²) in [6, 6.07) is 14.0. The van der Waals surface area contributed by atoms with Crippen molar-refractivity contribution in [3.63, 3.8) is 0 Å². The summed E-state index contributed by atoms with van der Waals surface area (Å²) in [6.45, 7) is 0. The molecule has 1 atom stereocenters. The standard InChI is InChI=1S/C22H20N2O4S/c1-28-21(27)14-11-12-16-17(13-14)23-22(29-19-10-6-5-9-18(19)25)24(20(16)26)15-7-3-2-4-8-15/h2-4,7-8,11-13,19H,5-6,9-10H2,1H3/t19-/m1/s1. The molecule has 1 heterocycles. The molecule has 2 aromatic carbocycles. The van der Waals surface area contributed by atoms with E-state index < -0.39 is 5.97 Å². The molecule has 0 N–H and O–H groups in total. The van der Waals surface area contributed by atoms with Gasteiger partial charge in [0.15, 0.2) is 5.16 Å².